The largest absolute Gasteiger partial charge is 0.493 e. The number of rotatable bonds is 3. The van der Waals surface area contributed by atoms with Gasteiger partial charge in [-0.3, -0.25) is 14.6 Å². The zero-order valence-electron chi connectivity index (χ0n) is 17.6. The molecule has 1 aromatic carbocycles. The lowest BCUT2D eigenvalue weighted by molar-refractivity contribution is -0.139. The summed E-state index contributed by atoms with van der Waals surface area (Å²) in [5, 5.41) is 0. The third-order valence-corrected chi connectivity index (χ3v) is 7.43. The fourth-order valence-electron chi connectivity index (χ4n) is 5.68. The maximum absolute atomic E-state index is 13.0. The van der Waals surface area contributed by atoms with Crippen LogP contribution in [0.5, 0.6) is 5.75 Å². The molecule has 4 aliphatic rings. The van der Waals surface area contributed by atoms with Crippen LogP contribution >= 0.6 is 0 Å². The van der Waals surface area contributed by atoms with Crippen molar-refractivity contribution in [3.63, 3.8) is 0 Å². The third-order valence-electron chi connectivity index (χ3n) is 7.43. The number of carbonyl (C=O) groups excluding carboxylic acids is 1. The molecule has 29 heavy (non-hydrogen) atoms. The molecule has 0 saturated carbocycles. The molecule has 0 N–H and O–H groups in total. The van der Waals surface area contributed by atoms with Crippen molar-refractivity contribution in [2.45, 2.75) is 38.3 Å². The van der Waals surface area contributed by atoms with Crippen molar-refractivity contribution < 1.29 is 14.3 Å². The highest BCUT2D eigenvalue weighted by Gasteiger charge is 2.47. The second-order valence-corrected chi connectivity index (χ2v) is 9.39. The van der Waals surface area contributed by atoms with Gasteiger partial charge in [0.15, 0.2) is 0 Å². The summed E-state index contributed by atoms with van der Waals surface area (Å²) in [6.45, 7) is 8.00. The summed E-state index contributed by atoms with van der Waals surface area (Å²) in [5.74, 6) is 1.38. The van der Waals surface area contributed by atoms with Gasteiger partial charge < -0.3 is 14.4 Å². The Hall–Kier alpha value is -1.63. The number of amides is 1. The van der Waals surface area contributed by atoms with Crippen LogP contribution < -0.4 is 4.74 Å². The SMILES string of the molecule is CN1CC2(CCN(Cc3ccc4c(c3)CCO4)CC2)CC1C(=O)N1CCOCC1. The second-order valence-electron chi connectivity index (χ2n) is 9.39. The van der Waals surface area contributed by atoms with Gasteiger partial charge >= 0.3 is 0 Å². The standard InChI is InChI=1S/C23H33N3O3/c1-24-17-23(15-20(24)22(27)26-9-12-28-13-10-26)5-7-25(8-6-23)16-18-2-3-21-19(14-18)4-11-29-21/h2-3,14,20H,4-13,15-17H2,1H3. The second kappa shape index (κ2) is 7.89. The molecular formula is C23H33N3O3. The Bertz CT molecular complexity index is 754. The van der Waals surface area contributed by atoms with Crippen LogP contribution in [-0.4, -0.2) is 86.2 Å². The number of morpholine rings is 1. The number of piperidine rings is 1. The lowest BCUT2D eigenvalue weighted by atomic mass is 9.76. The molecular weight excluding hydrogens is 366 g/mol. The average Bonchev–Trinajstić information content (AvgIpc) is 3.34. The minimum Gasteiger partial charge on any atom is -0.493 e. The summed E-state index contributed by atoms with van der Waals surface area (Å²) in [6.07, 6.45) is 4.44. The van der Waals surface area contributed by atoms with Crippen LogP contribution in [0.1, 0.15) is 30.4 Å². The lowest BCUT2D eigenvalue weighted by Crippen LogP contribution is -2.48. The molecule has 0 aliphatic carbocycles. The molecule has 5 rings (SSSR count). The van der Waals surface area contributed by atoms with Crippen molar-refractivity contribution in [1.82, 2.24) is 14.7 Å². The molecule has 4 heterocycles. The van der Waals surface area contributed by atoms with Gasteiger partial charge in [-0.25, -0.2) is 0 Å². The van der Waals surface area contributed by atoms with Crippen molar-refractivity contribution in [3.8, 4) is 5.75 Å². The van der Waals surface area contributed by atoms with E-state index in [0.717, 1.165) is 64.5 Å². The van der Waals surface area contributed by atoms with Crippen LogP contribution in [0.25, 0.3) is 0 Å². The summed E-state index contributed by atoms with van der Waals surface area (Å²) in [5.41, 5.74) is 3.07. The molecule has 3 fully saturated rings. The quantitative estimate of drug-likeness (QED) is 0.775. The number of hydrogen-bond donors (Lipinski definition) is 0. The first-order valence-electron chi connectivity index (χ1n) is 11.2. The molecule has 1 unspecified atom stereocenters. The summed E-state index contributed by atoms with van der Waals surface area (Å²) < 4.78 is 11.0. The molecule has 1 amide bonds. The van der Waals surface area contributed by atoms with E-state index in [2.05, 4.69) is 35.0 Å². The molecule has 3 saturated heterocycles. The number of benzene rings is 1. The van der Waals surface area contributed by atoms with E-state index in [1.165, 1.54) is 24.0 Å². The highest BCUT2D eigenvalue weighted by molar-refractivity contribution is 5.82. The first-order valence-corrected chi connectivity index (χ1v) is 11.2. The molecule has 1 spiro atoms. The first-order chi connectivity index (χ1) is 14.1. The van der Waals surface area contributed by atoms with Gasteiger partial charge in [0.2, 0.25) is 5.91 Å². The van der Waals surface area contributed by atoms with Crippen LogP contribution in [0.15, 0.2) is 18.2 Å². The predicted molar refractivity (Wildman–Crippen MR) is 111 cm³/mol. The molecule has 0 bridgehead atoms. The number of hydrogen-bond acceptors (Lipinski definition) is 5. The molecule has 158 valence electrons. The Morgan fingerprint density at radius 1 is 1.14 bits per heavy atom. The topological polar surface area (TPSA) is 45.2 Å². The molecule has 1 atom stereocenters. The fraction of sp³-hybridized carbons (Fsp3) is 0.696. The lowest BCUT2D eigenvalue weighted by Gasteiger charge is -2.39. The van der Waals surface area contributed by atoms with E-state index in [1.807, 2.05) is 4.90 Å². The molecule has 1 aromatic rings. The van der Waals surface area contributed by atoms with E-state index in [9.17, 15) is 4.79 Å². The number of carbonyl (C=O) groups is 1. The van der Waals surface area contributed by atoms with Crippen LogP contribution in [-0.2, 0) is 22.5 Å². The maximum Gasteiger partial charge on any atom is 0.240 e. The Morgan fingerprint density at radius 2 is 1.93 bits per heavy atom. The minimum atomic E-state index is 0.0522. The van der Waals surface area contributed by atoms with E-state index < -0.39 is 0 Å². The highest BCUT2D eigenvalue weighted by atomic mass is 16.5. The highest BCUT2D eigenvalue weighted by Crippen LogP contribution is 2.43. The summed E-state index contributed by atoms with van der Waals surface area (Å²) in [4.78, 5) is 20.0. The number of fused-ring (bicyclic) bond motifs is 1. The fourth-order valence-corrected chi connectivity index (χ4v) is 5.68. The van der Waals surface area contributed by atoms with E-state index in [4.69, 9.17) is 9.47 Å². The number of likely N-dealkylation sites (tertiary alicyclic amines) is 2. The Labute approximate surface area is 173 Å². The molecule has 6 nitrogen and oxygen atoms in total. The van der Waals surface area contributed by atoms with Gasteiger partial charge in [0.1, 0.15) is 5.75 Å². The zero-order valence-corrected chi connectivity index (χ0v) is 17.6. The van der Waals surface area contributed by atoms with E-state index >= 15 is 0 Å². The first kappa shape index (κ1) is 19.3. The Balaban J connectivity index is 1.17. The van der Waals surface area contributed by atoms with Gasteiger partial charge in [-0.05, 0) is 62.0 Å². The van der Waals surface area contributed by atoms with Gasteiger partial charge in [-0.1, -0.05) is 12.1 Å². The molecule has 6 heteroatoms. The Kier molecular flexibility index (Phi) is 5.26. The van der Waals surface area contributed by atoms with Crippen molar-refractivity contribution in [1.29, 1.82) is 0 Å². The van der Waals surface area contributed by atoms with Crippen molar-refractivity contribution in [2.75, 3.05) is 59.6 Å². The molecule has 0 radical (unpaired) electrons. The van der Waals surface area contributed by atoms with Gasteiger partial charge in [0.25, 0.3) is 0 Å². The number of nitrogens with zero attached hydrogens (tertiary/aromatic N) is 3. The molecule has 4 aliphatic heterocycles. The maximum atomic E-state index is 13.0. The number of likely N-dealkylation sites (N-methyl/N-ethyl adjacent to an activating group) is 1. The monoisotopic (exact) mass is 399 g/mol. The third kappa shape index (κ3) is 3.90. The normalized spacial score (nSPS) is 27.2. The van der Waals surface area contributed by atoms with Crippen molar-refractivity contribution in [3.05, 3.63) is 29.3 Å². The van der Waals surface area contributed by atoms with Crippen molar-refractivity contribution in [2.24, 2.45) is 5.41 Å². The van der Waals surface area contributed by atoms with E-state index in [0.29, 0.717) is 24.5 Å². The van der Waals surface area contributed by atoms with E-state index in [-0.39, 0.29) is 6.04 Å². The zero-order chi connectivity index (χ0) is 19.8. The number of ether oxygens (including phenoxy) is 2. The van der Waals surface area contributed by atoms with Gasteiger partial charge in [0.05, 0.1) is 25.9 Å². The predicted octanol–water partition coefficient (Wildman–Crippen LogP) is 1.77. The van der Waals surface area contributed by atoms with Crippen LogP contribution in [0, 0.1) is 5.41 Å². The van der Waals surface area contributed by atoms with Gasteiger partial charge in [0, 0.05) is 32.6 Å². The van der Waals surface area contributed by atoms with Crippen LogP contribution in [0.3, 0.4) is 0 Å². The Morgan fingerprint density at radius 3 is 2.72 bits per heavy atom. The van der Waals surface area contributed by atoms with Crippen molar-refractivity contribution >= 4 is 5.91 Å². The van der Waals surface area contributed by atoms with Gasteiger partial charge in [-0.2, -0.15) is 0 Å². The van der Waals surface area contributed by atoms with Gasteiger partial charge in [-0.15, -0.1) is 0 Å². The van der Waals surface area contributed by atoms with Crippen LogP contribution in [0.4, 0.5) is 0 Å². The summed E-state index contributed by atoms with van der Waals surface area (Å²) >= 11 is 0. The molecule has 0 aromatic heterocycles. The average molecular weight is 400 g/mol. The minimum absolute atomic E-state index is 0.0522. The summed E-state index contributed by atoms with van der Waals surface area (Å²) in [7, 11) is 2.14. The van der Waals surface area contributed by atoms with E-state index in [1.54, 1.807) is 0 Å². The smallest absolute Gasteiger partial charge is 0.240 e. The summed E-state index contributed by atoms with van der Waals surface area (Å²) in [6, 6.07) is 6.73. The van der Waals surface area contributed by atoms with Crippen LogP contribution in [0.2, 0.25) is 0 Å².